The fourth-order valence-electron chi connectivity index (χ4n) is 1.18. The minimum atomic E-state index is -4.42. The van der Waals surface area contributed by atoms with E-state index in [4.69, 9.17) is 10.4 Å². The van der Waals surface area contributed by atoms with Crippen LogP contribution in [0.4, 0.5) is 13.2 Å². The Morgan fingerprint density at radius 3 is 2.22 bits per heavy atom. The summed E-state index contributed by atoms with van der Waals surface area (Å²) >= 11 is 0. The van der Waals surface area contributed by atoms with E-state index in [1.807, 2.05) is 0 Å². The second-order valence-electron chi connectivity index (χ2n) is 3.49. The van der Waals surface area contributed by atoms with Gasteiger partial charge in [-0.25, -0.2) is 0 Å². The molecular formula is C11H10F3NO3. The molecule has 0 saturated carbocycles. The van der Waals surface area contributed by atoms with Crippen LogP contribution in [-0.2, 0) is 0 Å². The fraction of sp³-hybridized carbons (Fsp3) is 0.364. The molecule has 2 N–H and O–H groups in total. The summed E-state index contributed by atoms with van der Waals surface area (Å²) in [5, 5.41) is 26.9. The first kappa shape index (κ1) is 14.3. The normalized spacial score (nSPS) is 14.7. The third kappa shape index (κ3) is 4.24. The largest absolute Gasteiger partial charge is 0.484 e. The van der Waals surface area contributed by atoms with Gasteiger partial charge >= 0.3 is 6.18 Å². The van der Waals surface area contributed by atoms with Crippen molar-refractivity contribution in [3.8, 4) is 11.8 Å². The molecule has 0 bridgehead atoms. The van der Waals surface area contributed by atoms with E-state index in [1.165, 1.54) is 30.3 Å². The Balaban J connectivity index is 2.66. The minimum Gasteiger partial charge on any atom is -0.484 e. The predicted molar refractivity (Wildman–Crippen MR) is 54.6 cm³/mol. The molecular weight excluding hydrogens is 251 g/mol. The number of hydrogen-bond donors (Lipinski definition) is 2. The topological polar surface area (TPSA) is 73.5 Å². The van der Waals surface area contributed by atoms with Gasteiger partial charge in [-0.1, -0.05) is 12.1 Å². The molecule has 4 nitrogen and oxygen atoms in total. The number of halogens is 3. The van der Waals surface area contributed by atoms with E-state index in [0.29, 0.717) is 0 Å². The van der Waals surface area contributed by atoms with Crippen molar-refractivity contribution in [3.63, 3.8) is 0 Å². The highest BCUT2D eigenvalue weighted by molar-refractivity contribution is 5.29. The quantitative estimate of drug-likeness (QED) is 0.806. The highest BCUT2D eigenvalue weighted by atomic mass is 19.4. The SMILES string of the molecule is N#CC(O)C(O)c1ccc(OCC(F)(F)F)cc1. The smallest absolute Gasteiger partial charge is 0.422 e. The van der Waals surface area contributed by atoms with E-state index < -0.39 is 25.0 Å². The summed E-state index contributed by atoms with van der Waals surface area (Å²) in [7, 11) is 0. The van der Waals surface area contributed by atoms with E-state index in [9.17, 15) is 18.3 Å². The molecule has 2 atom stereocenters. The van der Waals surface area contributed by atoms with Crippen LogP contribution in [-0.4, -0.2) is 29.1 Å². The van der Waals surface area contributed by atoms with Crippen LogP contribution in [0, 0.1) is 11.3 Å². The highest BCUT2D eigenvalue weighted by Crippen LogP contribution is 2.22. The Hall–Kier alpha value is -1.78. The zero-order valence-electron chi connectivity index (χ0n) is 9.05. The molecule has 0 aliphatic heterocycles. The number of aliphatic hydroxyl groups is 2. The van der Waals surface area contributed by atoms with E-state index >= 15 is 0 Å². The first-order chi connectivity index (χ1) is 8.33. The van der Waals surface area contributed by atoms with Crippen molar-refractivity contribution in [2.45, 2.75) is 18.4 Å². The predicted octanol–water partition coefficient (Wildman–Crippen LogP) is 1.55. The number of aliphatic hydroxyl groups excluding tert-OH is 2. The Morgan fingerprint density at radius 1 is 1.22 bits per heavy atom. The Bertz CT molecular complexity index is 425. The molecule has 0 aliphatic rings. The van der Waals surface area contributed by atoms with Gasteiger partial charge in [-0.3, -0.25) is 0 Å². The molecule has 0 heterocycles. The van der Waals surface area contributed by atoms with Gasteiger partial charge in [-0.15, -0.1) is 0 Å². The first-order valence-corrected chi connectivity index (χ1v) is 4.89. The summed E-state index contributed by atoms with van der Waals surface area (Å²) in [6.45, 7) is -1.41. The van der Waals surface area contributed by atoms with Gasteiger partial charge in [0.15, 0.2) is 12.7 Å². The molecule has 2 unspecified atom stereocenters. The summed E-state index contributed by atoms with van der Waals surface area (Å²) < 4.78 is 40.1. The van der Waals surface area contributed by atoms with Crippen molar-refractivity contribution in [3.05, 3.63) is 29.8 Å². The zero-order valence-corrected chi connectivity index (χ0v) is 9.05. The number of rotatable bonds is 4. The highest BCUT2D eigenvalue weighted by Gasteiger charge is 2.28. The Kier molecular flexibility index (Phi) is 4.53. The van der Waals surface area contributed by atoms with Crippen molar-refractivity contribution in [2.24, 2.45) is 0 Å². The summed E-state index contributed by atoms with van der Waals surface area (Å²) in [5.41, 5.74) is 0.211. The van der Waals surface area contributed by atoms with Gasteiger partial charge in [0.25, 0.3) is 0 Å². The van der Waals surface area contributed by atoms with Crippen molar-refractivity contribution >= 4 is 0 Å². The lowest BCUT2D eigenvalue weighted by molar-refractivity contribution is -0.153. The average Bonchev–Trinajstić information content (AvgIpc) is 2.34. The van der Waals surface area contributed by atoms with E-state index in [2.05, 4.69) is 4.74 Å². The van der Waals surface area contributed by atoms with Crippen LogP contribution in [0.5, 0.6) is 5.75 Å². The standard InChI is InChI=1S/C11H10F3NO3/c12-11(13,14)6-18-8-3-1-7(2-4-8)10(17)9(16)5-15/h1-4,9-10,16-17H,6H2. The van der Waals surface area contributed by atoms with Crippen LogP contribution in [0.2, 0.25) is 0 Å². The van der Waals surface area contributed by atoms with Gasteiger partial charge < -0.3 is 14.9 Å². The molecule has 0 aliphatic carbocycles. The monoisotopic (exact) mass is 261 g/mol. The lowest BCUT2D eigenvalue weighted by Gasteiger charge is -2.13. The number of alkyl halides is 3. The van der Waals surface area contributed by atoms with Crippen LogP contribution in [0.1, 0.15) is 11.7 Å². The van der Waals surface area contributed by atoms with E-state index in [0.717, 1.165) is 0 Å². The van der Waals surface area contributed by atoms with Gasteiger partial charge in [0.1, 0.15) is 11.9 Å². The van der Waals surface area contributed by atoms with E-state index in [-0.39, 0.29) is 11.3 Å². The average molecular weight is 261 g/mol. The maximum absolute atomic E-state index is 11.9. The molecule has 1 aromatic carbocycles. The van der Waals surface area contributed by atoms with Crippen LogP contribution in [0.3, 0.4) is 0 Å². The van der Waals surface area contributed by atoms with E-state index in [1.54, 1.807) is 0 Å². The van der Waals surface area contributed by atoms with Crippen molar-refractivity contribution in [2.75, 3.05) is 6.61 Å². The molecule has 1 rings (SSSR count). The number of ether oxygens (including phenoxy) is 1. The van der Waals surface area contributed by atoms with Crippen LogP contribution in [0.15, 0.2) is 24.3 Å². The molecule has 18 heavy (non-hydrogen) atoms. The number of nitriles is 1. The second-order valence-corrected chi connectivity index (χ2v) is 3.49. The lowest BCUT2D eigenvalue weighted by atomic mass is 10.1. The maximum atomic E-state index is 11.9. The molecule has 7 heteroatoms. The Morgan fingerprint density at radius 2 is 1.78 bits per heavy atom. The summed E-state index contributed by atoms with van der Waals surface area (Å²) in [6.07, 6.45) is -7.42. The molecule has 0 fully saturated rings. The van der Waals surface area contributed by atoms with Gasteiger partial charge in [-0.05, 0) is 17.7 Å². The molecule has 1 aromatic rings. The number of nitrogens with zero attached hydrogens (tertiary/aromatic N) is 1. The zero-order chi connectivity index (χ0) is 13.8. The maximum Gasteiger partial charge on any atom is 0.422 e. The van der Waals surface area contributed by atoms with Crippen molar-refractivity contribution < 1.29 is 28.1 Å². The fourth-order valence-corrected chi connectivity index (χ4v) is 1.18. The van der Waals surface area contributed by atoms with Crippen LogP contribution in [0.25, 0.3) is 0 Å². The van der Waals surface area contributed by atoms with Gasteiger partial charge in [0, 0.05) is 0 Å². The number of benzene rings is 1. The third-order valence-corrected chi connectivity index (χ3v) is 2.06. The first-order valence-electron chi connectivity index (χ1n) is 4.89. The molecule has 98 valence electrons. The second kappa shape index (κ2) is 5.71. The van der Waals surface area contributed by atoms with Crippen LogP contribution < -0.4 is 4.74 Å². The van der Waals surface area contributed by atoms with Gasteiger partial charge in [-0.2, -0.15) is 18.4 Å². The minimum absolute atomic E-state index is 0.0188. The molecule has 0 saturated heterocycles. The van der Waals surface area contributed by atoms with Crippen molar-refractivity contribution in [1.82, 2.24) is 0 Å². The summed E-state index contributed by atoms with van der Waals surface area (Å²) in [5.74, 6) is -0.0188. The van der Waals surface area contributed by atoms with Gasteiger partial charge in [0.2, 0.25) is 0 Å². The lowest BCUT2D eigenvalue weighted by Crippen LogP contribution is -2.19. The molecule has 0 aromatic heterocycles. The molecule has 0 spiro atoms. The van der Waals surface area contributed by atoms with Crippen LogP contribution >= 0.6 is 0 Å². The molecule has 0 amide bonds. The van der Waals surface area contributed by atoms with Gasteiger partial charge in [0.05, 0.1) is 6.07 Å². The summed E-state index contributed by atoms with van der Waals surface area (Å²) in [6, 6.07) is 6.43. The molecule has 0 radical (unpaired) electrons. The third-order valence-electron chi connectivity index (χ3n) is 2.06. The number of hydrogen-bond acceptors (Lipinski definition) is 4. The van der Waals surface area contributed by atoms with Crippen molar-refractivity contribution in [1.29, 1.82) is 5.26 Å². The Labute approximate surface area is 101 Å². The summed E-state index contributed by atoms with van der Waals surface area (Å²) in [4.78, 5) is 0.